The predicted octanol–water partition coefficient (Wildman–Crippen LogP) is 5.46. The summed E-state index contributed by atoms with van der Waals surface area (Å²) in [5.41, 5.74) is 2.68. The van der Waals surface area contributed by atoms with E-state index in [-0.39, 0.29) is 29.9 Å². The number of nitrogens with one attached hydrogen (secondary N) is 1. The minimum Gasteiger partial charge on any atom is -0.733 e. The van der Waals surface area contributed by atoms with Gasteiger partial charge >= 0.3 is 5.97 Å². The molecule has 4 rings (SSSR count). The SMILES string of the molecule is COCCOC(=O)c1c(C)n(CCCNc2ccc(N([O-])O)cc2Cl)c2c1cc(O)c1ccccc12. The number of hydrogen-bond donors (Lipinski definition) is 3. The summed E-state index contributed by atoms with van der Waals surface area (Å²) in [6, 6.07) is 13.6. The Bertz CT molecular complexity index is 1400. The average Bonchev–Trinajstić information content (AvgIpc) is 3.13. The van der Waals surface area contributed by atoms with Crippen molar-refractivity contribution in [3.05, 3.63) is 70.0 Å². The lowest BCUT2D eigenvalue weighted by Crippen LogP contribution is -2.12. The van der Waals surface area contributed by atoms with E-state index in [9.17, 15) is 15.1 Å². The first-order chi connectivity index (χ1) is 17.3. The highest BCUT2D eigenvalue weighted by Crippen LogP contribution is 2.37. The van der Waals surface area contributed by atoms with Gasteiger partial charge in [0.15, 0.2) is 0 Å². The average molecular weight is 513 g/mol. The van der Waals surface area contributed by atoms with Crippen LogP contribution in [0, 0.1) is 12.1 Å². The number of carbonyl (C=O) groups is 1. The molecule has 10 heteroatoms. The zero-order valence-corrected chi connectivity index (χ0v) is 20.7. The number of nitrogens with zero attached hydrogens (tertiary/aromatic N) is 2. The fraction of sp³-hybridized carbons (Fsp3) is 0.269. The smallest absolute Gasteiger partial charge is 0.340 e. The van der Waals surface area contributed by atoms with Gasteiger partial charge in [-0.2, -0.15) is 0 Å². The maximum Gasteiger partial charge on any atom is 0.340 e. The van der Waals surface area contributed by atoms with Crippen LogP contribution in [0.25, 0.3) is 21.7 Å². The van der Waals surface area contributed by atoms with Crippen molar-refractivity contribution in [3.63, 3.8) is 0 Å². The molecule has 0 spiro atoms. The molecule has 0 saturated carbocycles. The second-order valence-corrected chi connectivity index (χ2v) is 8.70. The van der Waals surface area contributed by atoms with Crippen LogP contribution in [0.3, 0.4) is 0 Å². The monoisotopic (exact) mass is 512 g/mol. The van der Waals surface area contributed by atoms with Gasteiger partial charge in [0.05, 0.1) is 34.1 Å². The van der Waals surface area contributed by atoms with Crippen LogP contribution in [0.4, 0.5) is 11.4 Å². The third-order valence-corrected chi connectivity index (χ3v) is 6.39. The van der Waals surface area contributed by atoms with Gasteiger partial charge in [0.25, 0.3) is 0 Å². The summed E-state index contributed by atoms with van der Waals surface area (Å²) in [5.74, 6) is -0.371. The fourth-order valence-electron chi connectivity index (χ4n) is 4.37. The van der Waals surface area contributed by atoms with Gasteiger partial charge in [-0.1, -0.05) is 35.9 Å². The molecule has 0 aliphatic heterocycles. The van der Waals surface area contributed by atoms with Crippen LogP contribution in [0.2, 0.25) is 5.02 Å². The number of aryl methyl sites for hydroxylation is 1. The summed E-state index contributed by atoms with van der Waals surface area (Å²) in [5, 5.41) is 36.2. The lowest BCUT2D eigenvalue weighted by molar-refractivity contribution is 0.0389. The second kappa shape index (κ2) is 11.0. The maximum absolute atomic E-state index is 13.0. The molecular formula is C26H27ClN3O6-. The van der Waals surface area contributed by atoms with Crippen LogP contribution in [0.15, 0.2) is 48.5 Å². The Kier molecular flexibility index (Phi) is 7.85. The molecule has 0 radical (unpaired) electrons. The molecule has 3 N–H and O–H groups in total. The number of hydrogen-bond acceptors (Lipinski definition) is 8. The summed E-state index contributed by atoms with van der Waals surface area (Å²) in [7, 11) is 1.54. The number of methoxy groups -OCH3 is 1. The number of fused-ring (bicyclic) bond motifs is 3. The summed E-state index contributed by atoms with van der Waals surface area (Å²) < 4.78 is 12.5. The van der Waals surface area contributed by atoms with Gasteiger partial charge in [0.1, 0.15) is 12.4 Å². The normalized spacial score (nSPS) is 11.2. The predicted molar refractivity (Wildman–Crippen MR) is 140 cm³/mol. The molecule has 0 unspecified atom stereocenters. The lowest BCUT2D eigenvalue weighted by atomic mass is 10.0. The van der Waals surface area contributed by atoms with E-state index in [1.165, 1.54) is 19.2 Å². The molecule has 1 heterocycles. The van der Waals surface area contributed by atoms with Gasteiger partial charge in [0, 0.05) is 42.1 Å². The fourth-order valence-corrected chi connectivity index (χ4v) is 4.62. The van der Waals surface area contributed by atoms with E-state index in [4.69, 9.17) is 26.3 Å². The first-order valence-corrected chi connectivity index (χ1v) is 11.8. The van der Waals surface area contributed by atoms with Crippen molar-refractivity contribution >= 4 is 50.6 Å². The van der Waals surface area contributed by atoms with Gasteiger partial charge in [-0.15, -0.1) is 0 Å². The van der Waals surface area contributed by atoms with Crippen molar-refractivity contribution in [2.24, 2.45) is 0 Å². The Morgan fingerprint density at radius 2 is 1.89 bits per heavy atom. The Labute approximate surface area is 212 Å². The van der Waals surface area contributed by atoms with E-state index in [0.29, 0.717) is 46.6 Å². The molecule has 9 nitrogen and oxygen atoms in total. The minimum absolute atomic E-state index is 0.0417. The molecule has 3 aromatic carbocycles. The summed E-state index contributed by atoms with van der Waals surface area (Å²) >= 11 is 6.21. The quantitative estimate of drug-likeness (QED) is 0.145. The van der Waals surface area contributed by atoms with Crippen molar-refractivity contribution in [2.45, 2.75) is 19.9 Å². The molecule has 0 aliphatic rings. The molecule has 1 aromatic heterocycles. The molecule has 4 aromatic rings. The number of benzene rings is 3. The molecule has 0 atom stereocenters. The standard InChI is InChI=1S/C26H27ClN3O6/c1-16-24(26(32)36-13-12-35-2)20-15-23(31)18-6-3-4-7-19(18)25(20)29(16)11-5-10-28-22-9-8-17(30(33)34)14-21(22)27/h3-4,6-9,14-15,28,31,33H,5,10-13H2,1-2H3/q-1. The van der Waals surface area contributed by atoms with E-state index in [0.717, 1.165) is 16.6 Å². The molecular weight excluding hydrogens is 486 g/mol. The topological polar surface area (TPSA) is 119 Å². The number of carbonyl (C=O) groups excluding carboxylic acids is 1. The van der Waals surface area contributed by atoms with Crippen LogP contribution < -0.4 is 10.5 Å². The lowest BCUT2D eigenvalue weighted by Gasteiger charge is -2.22. The van der Waals surface area contributed by atoms with Gasteiger partial charge in [-0.05, 0) is 37.6 Å². The van der Waals surface area contributed by atoms with Crippen molar-refractivity contribution in [2.75, 3.05) is 37.4 Å². The van der Waals surface area contributed by atoms with E-state index >= 15 is 0 Å². The van der Waals surface area contributed by atoms with Crippen LogP contribution in [-0.2, 0) is 16.0 Å². The molecule has 0 amide bonds. The number of aromatic hydroxyl groups is 1. The van der Waals surface area contributed by atoms with E-state index in [2.05, 4.69) is 9.88 Å². The number of esters is 1. The largest absolute Gasteiger partial charge is 0.733 e. The number of rotatable bonds is 10. The highest BCUT2D eigenvalue weighted by atomic mass is 35.5. The maximum atomic E-state index is 13.0. The Morgan fingerprint density at radius 1 is 1.14 bits per heavy atom. The van der Waals surface area contributed by atoms with Gasteiger partial charge in [0.2, 0.25) is 0 Å². The molecule has 190 valence electrons. The number of ether oxygens (including phenoxy) is 2. The van der Waals surface area contributed by atoms with Crippen LogP contribution in [-0.4, -0.2) is 47.7 Å². The summed E-state index contributed by atoms with van der Waals surface area (Å²) in [6.07, 6.45) is 0.684. The van der Waals surface area contributed by atoms with Gasteiger partial charge in [-0.25, -0.2) is 4.79 Å². The summed E-state index contributed by atoms with van der Waals surface area (Å²) in [6.45, 7) is 3.42. The third kappa shape index (κ3) is 5.05. The Balaban J connectivity index is 1.63. The summed E-state index contributed by atoms with van der Waals surface area (Å²) in [4.78, 5) is 13.0. The Hall–Kier alpha value is -3.50. The number of anilines is 2. The molecule has 0 aliphatic carbocycles. The van der Waals surface area contributed by atoms with Crippen molar-refractivity contribution in [1.82, 2.24) is 4.57 Å². The zero-order chi connectivity index (χ0) is 25.8. The van der Waals surface area contributed by atoms with E-state index in [1.807, 2.05) is 31.2 Å². The number of halogens is 1. The van der Waals surface area contributed by atoms with Crippen molar-refractivity contribution < 1.29 is 24.6 Å². The minimum atomic E-state index is -0.468. The van der Waals surface area contributed by atoms with Crippen LogP contribution in [0.1, 0.15) is 22.5 Å². The number of aromatic nitrogens is 1. The van der Waals surface area contributed by atoms with E-state index in [1.54, 1.807) is 12.1 Å². The van der Waals surface area contributed by atoms with Crippen LogP contribution >= 0.6 is 11.6 Å². The van der Waals surface area contributed by atoms with Gasteiger partial charge < -0.3 is 34.9 Å². The van der Waals surface area contributed by atoms with Crippen molar-refractivity contribution in [3.8, 4) is 5.75 Å². The zero-order valence-electron chi connectivity index (χ0n) is 20.0. The molecule has 0 fully saturated rings. The van der Waals surface area contributed by atoms with Gasteiger partial charge in [-0.3, -0.25) is 5.21 Å². The first-order valence-electron chi connectivity index (χ1n) is 11.4. The van der Waals surface area contributed by atoms with E-state index < -0.39 is 5.97 Å². The molecule has 0 saturated heterocycles. The van der Waals surface area contributed by atoms with Crippen LogP contribution in [0.5, 0.6) is 5.75 Å². The number of phenols is 1. The second-order valence-electron chi connectivity index (χ2n) is 8.30. The molecule has 0 bridgehead atoms. The highest BCUT2D eigenvalue weighted by molar-refractivity contribution is 6.33. The van der Waals surface area contributed by atoms with Crippen molar-refractivity contribution in [1.29, 1.82) is 0 Å². The molecule has 36 heavy (non-hydrogen) atoms. The first kappa shape index (κ1) is 25.6. The Morgan fingerprint density at radius 3 is 2.58 bits per heavy atom. The highest BCUT2D eigenvalue weighted by Gasteiger charge is 2.24. The number of phenolic OH excluding ortho intramolecular Hbond substituents is 1. The third-order valence-electron chi connectivity index (χ3n) is 6.07.